The van der Waals surface area contributed by atoms with Crippen molar-refractivity contribution in [2.45, 2.75) is 26.9 Å². The highest BCUT2D eigenvalue weighted by Gasteiger charge is 2.10. The van der Waals surface area contributed by atoms with Gasteiger partial charge in [0.25, 0.3) is 0 Å². The predicted octanol–water partition coefficient (Wildman–Crippen LogP) is 4.15. The SMILES string of the molecule is Cc1cscc1CNCc1c(C)c2ccccc2n1C. The molecule has 2 nitrogen and oxygen atoms in total. The third-order valence-corrected chi connectivity index (χ3v) is 4.99. The van der Waals surface area contributed by atoms with Crippen molar-refractivity contribution in [2.24, 2.45) is 7.05 Å². The smallest absolute Gasteiger partial charge is 0.0483 e. The Morgan fingerprint density at radius 1 is 1.10 bits per heavy atom. The molecular formula is C17H20N2S. The number of nitrogens with zero attached hydrogens (tertiary/aromatic N) is 1. The van der Waals surface area contributed by atoms with E-state index < -0.39 is 0 Å². The van der Waals surface area contributed by atoms with Crippen molar-refractivity contribution in [3.05, 3.63) is 57.4 Å². The molecule has 0 bridgehead atoms. The lowest BCUT2D eigenvalue weighted by molar-refractivity contribution is 0.656. The van der Waals surface area contributed by atoms with Gasteiger partial charge in [-0.2, -0.15) is 11.3 Å². The molecule has 1 N–H and O–H groups in total. The van der Waals surface area contributed by atoms with Gasteiger partial charge in [0, 0.05) is 36.7 Å². The third-order valence-electron chi connectivity index (χ3n) is 4.08. The molecule has 0 spiro atoms. The van der Waals surface area contributed by atoms with Gasteiger partial charge in [-0.05, 0) is 47.4 Å². The van der Waals surface area contributed by atoms with Crippen LogP contribution in [-0.4, -0.2) is 4.57 Å². The average molecular weight is 284 g/mol. The zero-order valence-corrected chi connectivity index (χ0v) is 13.1. The van der Waals surface area contributed by atoms with Crippen LogP contribution in [0.2, 0.25) is 0 Å². The fourth-order valence-electron chi connectivity index (χ4n) is 2.77. The Bertz CT molecular complexity index is 698. The molecule has 3 rings (SSSR count). The Labute approximate surface area is 124 Å². The van der Waals surface area contributed by atoms with Gasteiger partial charge < -0.3 is 9.88 Å². The lowest BCUT2D eigenvalue weighted by Gasteiger charge is -2.08. The molecule has 3 heteroatoms. The number of nitrogens with one attached hydrogen (secondary N) is 1. The number of aryl methyl sites for hydroxylation is 3. The third kappa shape index (κ3) is 2.28. The second-order valence-corrected chi connectivity index (χ2v) is 6.08. The first-order valence-electron chi connectivity index (χ1n) is 6.93. The maximum atomic E-state index is 3.57. The Morgan fingerprint density at radius 2 is 1.90 bits per heavy atom. The Morgan fingerprint density at radius 3 is 2.60 bits per heavy atom. The molecule has 2 aromatic heterocycles. The van der Waals surface area contributed by atoms with Crippen LogP contribution in [0, 0.1) is 13.8 Å². The number of hydrogen-bond donors (Lipinski definition) is 1. The molecule has 2 heterocycles. The van der Waals surface area contributed by atoms with Gasteiger partial charge in [-0.1, -0.05) is 18.2 Å². The van der Waals surface area contributed by atoms with Gasteiger partial charge in [-0.25, -0.2) is 0 Å². The second-order valence-electron chi connectivity index (χ2n) is 5.33. The Balaban J connectivity index is 1.79. The van der Waals surface area contributed by atoms with E-state index in [9.17, 15) is 0 Å². The summed E-state index contributed by atoms with van der Waals surface area (Å²) in [5, 5.41) is 9.37. The molecule has 0 fully saturated rings. The highest BCUT2D eigenvalue weighted by molar-refractivity contribution is 7.08. The zero-order valence-electron chi connectivity index (χ0n) is 12.2. The zero-order chi connectivity index (χ0) is 14.1. The van der Waals surface area contributed by atoms with E-state index in [0.717, 1.165) is 13.1 Å². The van der Waals surface area contributed by atoms with Crippen molar-refractivity contribution in [3.8, 4) is 0 Å². The fourth-order valence-corrected chi connectivity index (χ4v) is 3.63. The van der Waals surface area contributed by atoms with E-state index in [1.54, 1.807) is 11.3 Å². The van der Waals surface area contributed by atoms with Crippen LogP contribution in [0.4, 0.5) is 0 Å². The van der Waals surface area contributed by atoms with Crippen molar-refractivity contribution in [1.82, 2.24) is 9.88 Å². The molecule has 0 aliphatic carbocycles. The summed E-state index contributed by atoms with van der Waals surface area (Å²) in [5.41, 5.74) is 6.87. The second kappa shape index (κ2) is 5.43. The van der Waals surface area contributed by atoms with Crippen LogP contribution in [0.5, 0.6) is 0 Å². The Hall–Kier alpha value is -1.58. The Kier molecular flexibility index (Phi) is 3.64. The summed E-state index contributed by atoms with van der Waals surface area (Å²) >= 11 is 1.78. The summed E-state index contributed by atoms with van der Waals surface area (Å²) in [6.07, 6.45) is 0. The van der Waals surface area contributed by atoms with E-state index in [1.807, 2.05) is 0 Å². The lowest BCUT2D eigenvalue weighted by atomic mass is 10.1. The minimum atomic E-state index is 0.909. The molecule has 0 aliphatic heterocycles. The van der Waals surface area contributed by atoms with E-state index in [4.69, 9.17) is 0 Å². The highest BCUT2D eigenvalue weighted by Crippen LogP contribution is 2.24. The first-order valence-corrected chi connectivity index (χ1v) is 7.88. The summed E-state index contributed by atoms with van der Waals surface area (Å²) in [4.78, 5) is 0. The summed E-state index contributed by atoms with van der Waals surface area (Å²) in [5.74, 6) is 0. The molecule has 0 unspecified atom stereocenters. The van der Waals surface area contributed by atoms with Crippen LogP contribution in [0.1, 0.15) is 22.4 Å². The first-order chi connectivity index (χ1) is 9.68. The molecule has 0 aliphatic rings. The van der Waals surface area contributed by atoms with Crippen molar-refractivity contribution in [2.75, 3.05) is 0 Å². The number of aromatic nitrogens is 1. The van der Waals surface area contributed by atoms with E-state index >= 15 is 0 Å². The first kappa shape index (κ1) is 13.4. The van der Waals surface area contributed by atoms with E-state index in [0.29, 0.717) is 0 Å². The standard InChI is InChI=1S/C17H20N2S/c1-12-10-20-11-14(12)8-18-9-17-13(2)15-6-4-5-7-16(15)19(17)3/h4-7,10-11,18H,8-9H2,1-3H3. The van der Waals surface area contributed by atoms with Gasteiger partial charge in [0.05, 0.1) is 0 Å². The van der Waals surface area contributed by atoms with Crippen LogP contribution in [0.25, 0.3) is 10.9 Å². The van der Waals surface area contributed by atoms with Gasteiger partial charge in [-0.3, -0.25) is 0 Å². The summed E-state index contributed by atoms with van der Waals surface area (Å²) in [7, 11) is 2.15. The highest BCUT2D eigenvalue weighted by atomic mass is 32.1. The maximum absolute atomic E-state index is 3.57. The quantitative estimate of drug-likeness (QED) is 0.761. The molecule has 3 aromatic rings. The normalized spacial score (nSPS) is 11.3. The average Bonchev–Trinajstić information content (AvgIpc) is 2.97. The molecule has 0 saturated heterocycles. The van der Waals surface area contributed by atoms with Crippen LogP contribution in [0.15, 0.2) is 35.0 Å². The van der Waals surface area contributed by atoms with Gasteiger partial charge in [0.1, 0.15) is 0 Å². The fraction of sp³-hybridized carbons (Fsp3) is 0.294. The summed E-state index contributed by atoms with van der Waals surface area (Å²) in [6.45, 7) is 6.24. The summed E-state index contributed by atoms with van der Waals surface area (Å²) in [6, 6.07) is 8.61. The molecular weight excluding hydrogens is 264 g/mol. The monoisotopic (exact) mass is 284 g/mol. The molecule has 104 valence electrons. The van der Waals surface area contributed by atoms with E-state index in [1.165, 1.54) is 33.3 Å². The molecule has 0 atom stereocenters. The van der Waals surface area contributed by atoms with Gasteiger partial charge in [0.2, 0.25) is 0 Å². The number of hydrogen-bond acceptors (Lipinski definition) is 2. The molecule has 20 heavy (non-hydrogen) atoms. The predicted molar refractivity (Wildman–Crippen MR) is 87.3 cm³/mol. The lowest BCUT2D eigenvalue weighted by Crippen LogP contribution is -2.15. The number of fused-ring (bicyclic) bond motifs is 1. The van der Waals surface area contributed by atoms with Crippen LogP contribution in [-0.2, 0) is 20.1 Å². The molecule has 1 aromatic carbocycles. The molecule has 0 amide bonds. The maximum Gasteiger partial charge on any atom is 0.0483 e. The molecule has 0 saturated carbocycles. The van der Waals surface area contributed by atoms with Crippen molar-refractivity contribution in [1.29, 1.82) is 0 Å². The minimum absolute atomic E-state index is 0.909. The van der Waals surface area contributed by atoms with Gasteiger partial charge in [-0.15, -0.1) is 0 Å². The number of para-hydroxylation sites is 1. The van der Waals surface area contributed by atoms with Crippen molar-refractivity contribution >= 4 is 22.2 Å². The number of rotatable bonds is 4. The van der Waals surface area contributed by atoms with Crippen molar-refractivity contribution < 1.29 is 0 Å². The number of benzene rings is 1. The minimum Gasteiger partial charge on any atom is -0.346 e. The van der Waals surface area contributed by atoms with Crippen LogP contribution < -0.4 is 5.32 Å². The largest absolute Gasteiger partial charge is 0.346 e. The van der Waals surface area contributed by atoms with Crippen LogP contribution >= 0.6 is 11.3 Å². The topological polar surface area (TPSA) is 17.0 Å². The van der Waals surface area contributed by atoms with Gasteiger partial charge in [0.15, 0.2) is 0 Å². The van der Waals surface area contributed by atoms with E-state index in [2.05, 4.69) is 65.8 Å². The van der Waals surface area contributed by atoms with E-state index in [-0.39, 0.29) is 0 Å². The number of thiophene rings is 1. The summed E-state index contributed by atoms with van der Waals surface area (Å²) < 4.78 is 2.30. The van der Waals surface area contributed by atoms with Crippen LogP contribution in [0.3, 0.4) is 0 Å². The van der Waals surface area contributed by atoms with Crippen molar-refractivity contribution in [3.63, 3.8) is 0 Å². The van der Waals surface area contributed by atoms with Gasteiger partial charge >= 0.3 is 0 Å². The molecule has 0 radical (unpaired) electrons.